The van der Waals surface area contributed by atoms with E-state index in [0.717, 1.165) is 0 Å². The van der Waals surface area contributed by atoms with Gasteiger partial charge in [0.2, 0.25) is 0 Å². The van der Waals surface area contributed by atoms with Crippen molar-refractivity contribution in [1.29, 1.82) is 0 Å². The third kappa shape index (κ3) is 3.72. The van der Waals surface area contributed by atoms with Crippen molar-refractivity contribution in [1.82, 2.24) is 14.5 Å². The summed E-state index contributed by atoms with van der Waals surface area (Å²) >= 11 is 0. The molecule has 1 amide bonds. The van der Waals surface area contributed by atoms with Gasteiger partial charge in [-0.3, -0.25) is 9.59 Å². The van der Waals surface area contributed by atoms with Gasteiger partial charge in [0.1, 0.15) is 22.9 Å². The molecule has 1 N–H and O–H groups in total. The summed E-state index contributed by atoms with van der Waals surface area (Å²) in [5.41, 5.74) is 2.77. The number of imidazole rings is 1. The summed E-state index contributed by atoms with van der Waals surface area (Å²) in [6.45, 7) is 3.49. The van der Waals surface area contributed by atoms with Gasteiger partial charge in [0, 0.05) is 44.3 Å². The van der Waals surface area contributed by atoms with E-state index in [4.69, 9.17) is 0 Å². The highest BCUT2D eigenvalue weighted by atomic mass is 19.1. The molecule has 0 unspecified atom stereocenters. The number of amides is 1. The Balaban J connectivity index is 2.03. The van der Waals surface area contributed by atoms with Crippen molar-refractivity contribution in [3.63, 3.8) is 0 Å². The molecular formula is C22H24FN3O3. The number of aromatic nitrogens is 2. The largest absolute Gasteiger partial charge is 0.505 e. The van der Waals surface area contributed by atoms with E-state index < -0.39 is 5.82 Å². The second kappa shape index (κ2) is 7.66. The fraction of sp³-hybridized carbons (Fsp3) is 0.318. The predicted molar refractivity (Wildman–Crippen MR) is 109 cm³/mol. The fourth-order valence-electron chi connectivity index (χ4n) is 3.46. The van der Waals surface area contributed by atoms with E-state index in [9.17, 15) is 19.1 Å². The van der Waals surface area contributed by atoms with Crippen molar-refractivity contribution >= 4 is 22.7 Å². The predicted octanol–water partition coefficient (Wildman–Crippen LogP) is 3.55. The van der Waals surface area contributed by atoms with Crippen molar-refractivity contribution in [2.24, 2.45) is 7.05 Å². The van der Waals surface area contributed by atoms with Crippen molar-refractivity contribution in [2.45, 2.75) is 26.7 Å². The summed E-state index contributed by atoms with van der Waals surface area (Å²) in [5.74, 6) is -0.218. The highest BCUT2D eigenvalue weighted by molar-refractivity contribution is 6.02. The SMILES string of the molecule is Cc1cc(F)ccc1C(=O)CCc1c(C(=O)N(C)C)cc2c(nc(C)n2C)c1O. The Morgan fingerprint density at radius 1 is 1.17 bits per heavy atom. The zero-order valence-corrected chi connectivity index (χ0v) is 17.2. The number of phenols is 1. The Morgan fingerprint density at radius 3 is 2.48 bits per heavy atom. The number of carbonyl (C=O) groups is 2. The first kappa shape index (κ1) is 20.5. The molecule has 0 aliphatic carbocycles. The van der Waals surface area contributed by atoms with Gasteiger partial charge < -0.3 is 14.6 Å². The van der Waals surface area contributed by atoms with E-state index in [-0.39, 0.29) is 30.3 Å². The number of halogens is 1. The fourth-order valence-corrected chi connectivity index (χ4v) is 3.46. The highest BCUT2D eigenvalue weighted by Crippen LogP contribution is 2.33. The zero-order valence-electron chi connectivity index (χ0n) is 17.2. The third-order valence-electron chi connectivity index (χ3n) is 5.21. The molecule has 152 valence electrons. The number of hydrogen-bond acceptors (Lipinski definition) is 4. The standard InChI is InChI=1S/C22H24FN3O3/c1-12-10-14(23)6-7-15(12)19(27)9-8-16-17(22(29)25(3)4)11-18-20(21(16)28)24-13(2)26(18)5/h6-7,10-11,28H,8-9H2,1-5H3. The van der Waals surface area contributed by atoms with Gasteiger partial charge in [0.05, 0.1) is 5.52 Å². The summed E-state index contributed by atoms with van der Waals surface area (Å²) in [7, 11) is 5.08. The number of carbonyl (C=O) groups excluding carboxylic acids is 2. The average Bonchev–Trinajstić information content (AvgIpc) is 2.94. The molecule has 1 heterocycles. The minimum absolute atomic E-state index is 0.0745. The maximum absolute atomic E-state index is 13.3. The van der Waals surface area contributed by atoms with Crippen LogP contribution in [-0.4, -0.2) is 45.3 Å². The van der Waals surface area contributed by atoms with Gasteiger partial charge in [-0.25, -0.2) is 9.37 Å². The molecule has 0 saturated heterocycles. The third-order valence-corrected chi connectivity index (χ3v) is 5.21. The summed E-state index contributed by atoms with van der Waals surface area (Å²) in [6, 6.07) is 5.74. The topological polar surface area (TPSA) is 75.4 Å². The Bertz CT molecular complexity index is 1130. The van der Waals surface area contributed by atoms with Crippen LogP contribution in [0.1, 0.15) is 44.1 Å². The van der Waals surface area contributed by atoms with Crippen LogP contribution in [-0.2, 0) is 13.5 Å². The molecule has 7 heteroatoms. The highest BCUT2D eigenvalue weighted by Gasteiger charge is 2.23. The number of hydrogen-bond donors (Lipinski definition) is 1. The molecule has 2 aromatic carbocycles. The first-order chi connectivity index (χ1) is 13.6. The lowest BCUT2D eigenvalue weighted by Crippen LogP contribution is -2.23. The molecule has 0 fully saturated rings. The number of aryl methyl sites for hydroxylation is 3. The minimum atomic E-state index is -0.397. The van der Waals surface area contributed by atoms with Crippen molar-refractivity contribution < 1.29 is 19.1 Å². The number of Topliss-reactive ketones (excluding diaryl/α,β-unsaturated/α-hetero) is 1. The van der Waals surface area contributed by atoms with Crippen LogP contribution in [0.15, 0.2) is 24.3 Å². The van der Waals surface area contributed by atoms with Crippen molar-refractivity contribution in [3.8, 4) is 5.75 Å². The van der Waals surface area contributed by atoms with Gasteiger partial charge >= 0.3 is 0 Å². The summed E-state index contributed by atoms with van der Waals surface area (Å²) in [6.07, 6.45) is 0.243. The van der Waals surface area contributed by atoms with Gasteiger partial charge in [-0.05, 0) is 50.1 Å². The Kier molecular flexibility index (Phi) is 5.42. The number of phenolic OH excluding ortho intramolecular Hbond substituents is 1. The average molecular weight is 397 g/mol. The van der Waals surface area contributed by atoms with E-state index in [1.165, 1.54) is 23.1 Å². The quantitative estimate of drug-likeness (QED) is 0.668. The molecule has 1 aromatic heterocycles. The molecule has 0 atom stereocenters. The number of ketones is 1. The monoisotopic (exact) mass is 397 g/mol. The number of benzene rings is 2. The van der Waals surface area contributed by atoms with Gasteiger partial charge in [0.25, 0.3) is 5.91 Å². The van der Waals surface area contributed by atoms with Gasteiger partial charge in [-0.1, -0.05) is 0 Å². The normalized spacial score (nSPS) is 11.1. The van der Waals surface area contributed by atoms with Crippen LogP contribution in [0.25, 0.3) is 11.0 Å². The van der Waals surface area contributed by atoms with Crippen LogP contribution in [0.5, 0.6) is 5.75 Å². The molecule has 0 aliphatic rings. The lowest BCUT2D eigenvalue weighted by atomic mass is 9.95. The summed E-state index contributed by atoms with van der Waals surface area (Å²) in [5, 5.41) is 10.9. The zero-order chi connectivity index (χ0) is 21.5. The lowest BCUT2D eigenvalue weighted by molar-refractivity contribution is 0.0825. The summed E-state index contributed by atoms with van der Waals surface area (Å²) in [4.78, 5) is 31.2. The van der Waals surface area contributed by atoms with E-state index >= 15 is 0 Å². The maximum Gasteiger partial charge on any atom is 0.253 e. The molecule has 0 radical (unpaired) electrons. The molecule has 6 nitrogen and oxygen atoms in total. The number of nitrogens with zero attached hydrogens (tertiary/aromatic N) is 3. The smallest absolute Gasteiger partial charge is 0.253 e. The van der Waals surface area contributed by atoms with Crippen LogP contribution >= 0.6 is 0 Å². The van der Waals surface area contributed by atoms with Gasteiger partial charge in [-0.2, -0.15) is 0 Å². The van der Waals surface area contributed by atoms with Crippen LogP contribution in [0, 0.1) is 19.7 Å². The van der Waals surface area contributed by atoms with Crippen LogP contribution in [0.2, 0.25) is 0 Å². The molecule has 3 rings (SSSR count). The number of fused-ring (bicyclic) bond motifs is 1. The molecule has 0 aliphatic heterocycles. The van der Waals surface area contributed by atoms with Crippen LogP contribution in [0.3, 0.4) is 0 Å². The maximum atomic E-state index is 13.3. The summed E-state index contributed by atoms with van der Waals surface area (Å²) < 4.78 is 15.1. The first-order valence-electron chi connectivity index (χ1n) is 9.30. The molecule has 0 saturated carbocycles. The lowest BCUT2D eigenvalue weighted by Gasteiger charge is -2.16. The minimum Gasteiger partial charge on any atom is -0.505 e. The molecule has 29 heavy (non-hydrogen) atoms. The van der Waals surface area contributed by atoms with Crippen LogP contribution < -0.4 is 0 Å². The Morgan fingerprint density at radius 2 is 1.86 bits per heavy atom. The van der Waals surface area contributed by atoms with E-state index in [2.05, 4.69) is 4.98 Å². The Labute approximate surface area is 168 Å². The van der Waals surface area contributed by atoms with E-state index in [0.29, 0.717) is 39.1 Å². The number of aromatic hydroxyl groups is 1. The molecule has 3 aromatic rings. The molecule has 0 spiro atoms. The van der Waals surface area contributed by atoms with Gasteiger partial charge in [-0.15, -0.1) is 0 Å². The van der Waals surface area contributed by atoms with Crippen molar-refractivity contribution in [3.05, 3.63) is 58.2 Å². The Hall–Kier alpha value is -3.22. The molecule has 0 bridgehead atoms. The molecular weight excluding hydrogens is 373 g/mol. The van der Waals surface area contributed by atoms with Crippen molar-refractivity contribution in [2.75, 3.05) is 14.1 Å². The second-order valence-electron chi connectivity index (χ2n) is 7.42. The number of rotatable bonds is 5. The van der Waals surface area contributed by atoms with E-state index in [1.54, 1.807) is 31.7 Å². The van der Waals surface area contributed by atoms with Crippen LogP contribution in [0.4, 0.5) is 4.39 Å². The van der Waals surface area contributed by atoms with E-state index in [1.807, 2.05) is 14.0 Å². The first-order valence-corrected chi connectivity index (χ1v) is 9.30. The second-order valence-corrected chi connectivity index (χ2v) is 7.42. The van der Waals surface area contributed by atoms with Gasteiger partial charge in [0.15, 0.2) is 5.78 Å².